The summed E-state index contributed by atoms with van der Waals surface area (Å²) in [7, 11) is 0. The van der Waals surface area contributed by atoms with Gasteiger partial charge in [-0.2, -0.15) is 5.10 Å². The monoisotopic (exact) mass is 312 g/mol. The van der Waals surface area contributed by atoms with Crippen molar-refractivity contribution in [2.75, 3.05) is 6.61 Å². The van der Waals surface area contributed by atoms with Crippen LogP contribution in [0.4, 0.5) is 0 Å². The molecule has 3 aromatic rings. The highest BCUT2D eigenvalue weighted by Crippen LogP contribution is 2.33. The molecule has 3 heterocycles. The van der Waals surface area contributed by atoms with E-state index in [1.165, 1.54) is 0 Å². The third kappa shape index (κ3) is 2.41. The van der Waals surface area contributed by atoms with Crippen LogP contribution in [0.2, 0.25) is 0 Å². The Morgan fingerprint density at radius 1 is 1.30 bits per heavy atom. The number of fused-ring (bicyclic) bond motifs is 1. The number of hydrogen-bond acceptors (Lipinski definition) is 4. The molecule has 1 unspecified atom stereocenters. The van der Waals surface area contributed by atoms with Crippen molar-refractivity contribution in [2.24, 2.45) is 0 Å². The second-order valence-electron chi connectivity index (χ2n) is 5.63. The van der Waals surface area contributed by atoms with Crippen LogP contribution in [0.5, 0.6) is 0 Å². The molecular weight excluding hydrogens is 296 g/mol. The average Bonchev–Trinajstić information content (AvgIpc) is 3.22. The first-order valence-corrected chi connectivity index (χ1v) is 7.65. The minimum absolute atomic E-state index is 0.120. The van der Waals surface area contributed by atoms with Gasteiger partial charge in [0.15, 0.2) is 12.0 Å². The molecule has 4 rings (SSSR count). The molecule has 0 saturated carbocycles. The van der Waals surface area contributed by atoms with Crippen molar-refractivity contribution in [2.45, 2.75) is 25.5 Å². The molecule has 0 aliphatic carbocycles. The highest BCUT2D eigenvalue weighted by Gasteiger charge is 2.23. The number of aromatic nitrogens is 2. The van der Waals surface area contributed by atoms with E-state index >= 15 is 0 Å². The quantitative estimate of drug-likeness (QED) is 0.798. The van der Waals surface area contributed by atoms with Crippen molar-refractivity contribution < 1.29 is 19.1 Å². The molecule has 1 atom stereocenters. The summed E-state index contributed by atoms with van der Waals surface area (Å²) in [5.41, 5.74) is 1.73. The predicted octanol–water partition coefficient (Wildman–Crippen LogP) is 3.69. The lowest BCUT2D eigenvalue weighted by atomic mass is 10.1. The molecule has 1 N–H and O–H groups in total. The van der Waals surface area contributed by atoms with E-state index < -0.39 is 5.97 Å². The van der Waals surface area contributed by atoms with E-state index in [2.05, 4.69) is 5.10 Å². The van der Waals surface area contributed by atoms with Gasteiger partial charge in [-0.25, -0.2) is 9.48 Å². The highest BCUT2D eigenvalue weighted by atomic mass is 16.5. The lowest BCUT2D eigenvalue weighted by molar-refractivity contribution is -0.0365. The van der Waals surface area contributed by atoms with Gasteiger partial charge in [0.2, 0.25) is 0 Å². The van der Waals surface area contributed by atoms with E-state index in [-0.39, 0.29) is 11.8 Å². The lowest BCUT2D eigenvalue weighted by Gasteiger charge is -2.23. The molecular formula is C17H16N2O4. The second kappa shape index (κ2) is 5.55. The zero-order valence-corrected chi connectivity index (χ0v) is 12.4. The summed E-state index contributed by atoms with van der Waals surface area (Å²) in [4.78, 5) is 11.3. The molecule has 0 bridgehead atoms. The van der Waals surface area contributed by atoms with Gasteiger partial charge in [-0.3, -0.25) is 0 Å². The van der Waals surface area contributed by atoms with Crippen LogP contribution in [-0.2, 0) is 4.74 Å². The van der Waals surface area contributed by atoms with Crippen LogP contribution in [0.1, 0.15) is 35.8 Å². The average molecular weight is 312 g/mol. The molecule has 6 nitrogen and oxygen atoms in total. The SMILES string of the molecule is O=C(O)c1ccc2c(c1)c(-c1ccco1)nn2C1CCCCO1. The third-order valence-corrected chi connectivity index (χ3v) is 4.14. The van der Waals surface area contributed by atoms with Gasteiger partial charge in [-0.05, 0) is 49.6 Å². The number of carboxylic acid groups (broad SMARTS) is 1. The third-order valence-electron chi connectivity index (χ3n) is 4.14. The van der Waals surface area contributed by atoms with Gasteiger partial charge >= 0.3 is 5.97 Å². The summed E-state index contributed by atoms with van der Waals surface area (Å²) in [6.07, 6.45) is 4.51. The number of furan rings is 1. The van der Waals surface area contributed by atoms with Crippen LogP contribution in [0.15, 0.2) is 41.0 Å². The second-order valence-corrected chi connectivity index (χ2v) is 5.63. The first kappa shape index (κ1) is 14.0. The van der Waals surface area contributed by atoms with Gasteiger partial charge in [-0.1, -0.05) is 0 Å². The van der Waals surface area contributed by atoms with E-state index in [1.54, 1.807) is 30.5 Å². The molecule has 1 aliphatic rings. The van der Waals surface area contributed by atoms with Gasteiger partial charge in [0, 0.05) is 12.0 Å². The van der Waals surface area contributed by atoms with Crippen LogP contribution in [-0.4, -0.2) is 27.5 Å². The molecule has 0 spiro atoms. The van der Waals surface area contributed by atoms with Crippen molar-refractivity contribution in [3.8, 4) is 11.5 Å². The zero-order chi connectivity index (χ0) is 15.8. The minimum atomic E-state index is -0.959. The standard InChI is InChI=1S/C17H16N2O4/c20-17(21)11-6-7-13-12(10-11)16(14-4-3-9-22-14)18-19(13)15-5-1-2-8-23-15/h3-4,6-7,9-10,15H,1-2,5,8H2,(H,20,21). The van der Waals surface area contributed by atoms with Crippen molar-refractivity contribution in [3.05, 3.63) is 42.2 Å². The summed E-state index contributed by atoms with van der Waals surface area (Å²) in [6, 6.07) is 8.63. The largest absolute Gasteiger partial charge is 0.478 e. The van der Waals surface area contributed by atoms with Gasteiger partial charge in [0.1, 0.15) is 5.69 Å². The number of rotatable bonds is 3. The summed E-state index contributed by atoms with van der Waals surface area (Å²) >= 11 is 0. The van der Waals surface area contributed by atoms with Crippen molar-refractivity contribution in [3.63, 3.8) is 0 Å². The van der Waals surface area contributed by atoms with E-state index in [9.17, 15) is 9.90 Å². The number of aromatic carboxylic acids is 1. The summed E-state index contributed by atoms with van der Waals surface area (Å²) < 4.78 is 13.1. The Labute approximate surface area is 132 Å². The lowest BCUT2D eigenvalue weighted by Crippen LogP contribution is -2.19. The van der Waals surface area contributed by atoms with Crippen molar-refractivity contribution in [1.82, 2.24) is 9.78 Å². The first-order valence-electron chi connectivity index (χ1n) is 7.65. The Morgan fingerprint density at radius 3 is 2.91 bits per heavy atom. The van der Waals surface area contributed by atoms with E-state index in [0.717, 1.165) is 36.8 Å². The van der Waals surface area contributed by atoms with Gasteiger partial charge < -0.3 is 14.3 Å². The first-order chi connectivity index (χ1) is 11.2. The Bertz CT molecular complexity index is 845. The maximum absolute atomic E-state index is 11.3. The molecule has 6 heteroatoms. The summed E-state index contributed by atoms with van der Waals surface area (Å²) in [5, 5.41) is 14.7. The molecule has 0 radical (unpaired) electrons. The normalized spacial score (nSPS) is 18.3. The molecule has 1 saturated heterocycles. The number of hydrogen-bond donors (Lipinski definition) is 1. The van der Waals surface area contributed by atoms with Crippen molar-refractivity contribution >= 4 is 16.9 Å². The van der Waals surface area contributed by atoms with Crippen LogP contribution in [0, 0.1) is 0 Å². The maximum atomic E-state index is 11.3. The Morgan fingerprint density at radius 2 is 2.22 bits per heavy atom. The summed E-state index contributed by atoms with van der Waals surface area (Å²) in [6.45, 7) is 0.718. The zero-order valence-electron chi connectivity index (χ0n) is 12.4. The van der Waals surface area contributed by atoms with E-state index in [4.69, 9.17) is 9.15 Å². The Hall–Kier alpha value is -2.60. The highest BCUT2D eigenvalue weighted by molar-refractivity contribution is 5.98. The fraction of sp³-hybridized carbons (Fsp3) is 0.294. The van der Waals surface area contributed by atoms with Crippen LogP contribution < -0.4 is 0 Å². The van der Waals surface area contributed by atoms with Crippen molar-refractivity contribution in [1.29, 1.82) is 0 Å². The van der Waals surface area contributed by atoms with Gasteiger partial charge in [0.25, 0.3) is 0 Å². The number of ether oxygens (including phenoxy) is 1. The molecule has 2 aromatic heterocycles. The van der Waals surface area contributed by atoms with Gasteiger partial charge in [0.05, 0.1) is 17.3 Å². The summed E-state index contributed by atoms with van der Waals surface area (Å²) in [5.74, 6) is -0.342. The minimum Gasteiger partial charge on any atom is -0.478 e. The Balaban J connectivity index is 1.92. The molecule has 0 amide bonds. The Kier molecular flexibility index (Phi) is 3.38. The fourth-order valence-corrected chi connectivity index (χ4v) is 3.01. The molecule has 1 aliphatic heterocycles. The molecule has 1 aromatic carbocycles. The molecule has 1 fully saturated rings. The van der Waals surface area contributed by atoms with Crippen LogP contribution in [0.25, 0.3) is 22.4 Å². The van der Waals surface area contributed by atoms with Crippen LogP contribution in [0.3, 0.4) is 0 Å². The number of nitrogens with zero attached hydrogens (tertiary/aromatic N) is 2. The number of benzene rings is 1. The van der Waals surface area contributed by atoms with E-state index in [1.807, 2.05) is 10.7 Å². The fourth-order valence-electron chi connectivity index (χ4n) is 3.01. The molecule has 118 valence electrons. The molecule has 23 heavy (non-hydrogen) atoms. The number of carboxylic acids is 1. The van der Waals surface area contributed by atoms with Crippen LogP contribution >= 0.6 is 0 Å². The van der Waals surface area contributed by atoms with Gasteiger partial charge in [-0.15, -0.1) is 0 Å². The van der Waals surface area contributed by atoms with E-state index in [0.29, 0.717) is 11.5 Å². The smallest absolute Gasteiger partial charge is 0.335 e. The topological polar surface area (TPSA) is 77.5 Å². The maximum Gasteiger partial charge on any atom is 0.335 e. The predicted molar refractivity (Wildman–Crippen MR) is 83.2 cm³/mol. The number of carbonyl (C=O) groups is 1.